The molecule has 0 fully saturated rings. The summed E-state index contributed by atoms with van der Waals surface area (Å²) in [5, 5.41) is 3.95. The Morgan fingerprint density at radius 3 is 2.87 bits per heavy atom. The number of rotatable bonds is 5. The van der Waals surface area contributed by atoms with E-state index in [1.165, 1.54) is 0 Å². The lowest BCUT2D eigenvalue weighted by atomic mass is 10.1. The largest absolute Gasteiger partial charge is 0.497 e. The minimum absolute atomic E-state index is 0.0879. The van der Waals surface area contributed by atoms with Crippen molar-refractivity contribution in [1.82, 2.24) is 9.97 Å². The fraction of sp³-hybridized carbons (Fsp3) is 0.222. The first-order valence-corrected chi connectivity index (χ1v) is 7.59. The Kier molecular flexibility index (Phi) is 4.28. The zero-order chi connectivity index (χ0) is 16.2. The molecule has 23 heavy (non-hydrogen) atoms. The van der Waals surface area contributed by atoms with E-state index < -0.39 is 0 Å². The number of anilines is 1. The van der Waals surface area contributed by atoms with Crippen LogP contribution in [0.5, 0.6) is 5.75 Å². The molecule has 2 aromatic carbocycles. The van der Waals surface area contributed by atoms with Crippen LogP contribution in [0.1, 0.15) is 18.3 Å². The maximum absolute atomic E-state index is 12.1. The highest BCUT2D eigenvalue weighted by atomic mass is 16.5. The molecule has 0 aliphatic carbocycles. The van der Waals surface area contributed by atoms with Gasteiger partial charge in [-0.15, -0.1) is 0 Å². The van der Waals surface area contributed by atoms with Gasteiger partial charge >= 0.3 is 0 Å². The molecule has 0 radical (unpaired) electrons. The average Bonchev–Trinajstić information content (AvgIpc) is 2.60. The van der Waals surface area contributed by atoms with Crippen LogP contribution in [0.25, 0.3) is 10.9 Å². The van der Waals surface area contributed by atoms with Crippen LogP contribution in [0.4, 0.5) is 5.69 Å². The molecule has 3 rings (SSSR count). The topological polar surface area (TPSA) is 67.0 Å². The molecule has 0 atom stereocenters. The molecular weight excluding hydrogens is 290 g/mol. The Morgan fingerprint density at radius 2 is 2.09 bits per heavy atom. The lowest BCUT2D eigenvalue weighted by molar-refractivity contribution is 0.415. The molecule has 0 unspecified atom stereocenters. The number of ether oxygens (including phenoxy) is 1. The van der Waals surface area contributed by atoms with E-state index >= 15 is 0 Å². The normalized spacial score (nSPS) is 10.7. The van der Waals surface area contributed by atoms with Gasteiger partial charge in [0.05, 0.1) is 18.0 Å². The molecule has 5 heteroatoms. The zero-order valence-corrected chi connectivity index (χ0v) is 13.2. The Hall–Kier alpha value is -2.82. The molecule has 0 aliphatic rings. The van der Waals surface area contributed by atoms with Crippen LogP contribution in [0.15, 0.2) is 47.3 Å². The first-order chi connectivity index (χ1) is 11.2. The van der Waals surface area contributed by atoms with Gasteiger partial charge in [-0.25, -0.2) is 4.98 Å². The highest BCUT2D eigenvalue weighted by molar-refractivity contribution is 5.78. The van der Waals surface area contributed by atoms with E-state index in [1.807, 2.05) is 49.4 Å². The van der Waals surface area contributed by atoms with Gasteiger partial charge in [0.2, 0.25) is 0 Å². The van der Waals surface area contributed by atoms with Gasteiger partial charge in [-0.2, -0.15) is 0 Å². The zero-order valence-electron chi connectivity index (χ0n) is 13.2. The van der Waals surface area contributed by atoms with E-state index in [1.54, 1.807) is 7.11 Å². The van der Waals surface area contributed by atoms with E-state index in [-0.39, 0.29) is 5.56 Å². The number of aromatic amines is 1. The highest BCUT2D eigenvalue weighted by Crippen LogP contribution is 2.18. The molecule has 2 N–H and O–H groups in total. The van der Waals surface area contributed by atoms with Crippen molar-refractivity contribution in [2.45, 2.75) is 19.9 Å². The number of fused-ring (bicyclic) bond motifs is 1. The quantitative estimate of drug-likeness (QED) is 0.760. The molecule has 118 valence electrons. The lowest BCUT2D eigenvalue weighted by Crippen LogP contribution is -2.12. The Balaban J connectivity index is 1.83. The second-order valence-electron chi connectivity index (χ2n) is 5.30. The third kappa shape index (κ3) is 3.34. The molecule has 0 spiro atoms. The molecule has 1 aromatic heterocycles. The van der Waals surface area contributed by atoms with Gasteiger partial charge in [-0.3, -0.25) is 4.79 Å². The van der Waals surface area contributed by atoms with Crippen LogP contribution in [0.3, 0.4) is 0 Å². The molecule has 3 aromatic rings. The molecule has 5 nitrogen and oxygen atoms in total. The lowest BCUT2D eigenvalue weighted by Gasteiger charge is -2.09. The van der Waals surface area contributed by atoms with Crippen molar-refractivity contribution in [3.8, 4) is 5.75 Å². The summed E-state index contributed by atoms with van der Waals surface area (Å²) in [6.45, 7) is 2.59. The van der Waals surface area contributed by atoms with Crippen molar-refractivity contribution in [2.24, 2.45) is 0 Å². The maximum Gasteiger partial charge on any atom is 0.258 e. The standard InChI is InChI=1S/C18H19N3O2/c1-3-17-20-16-8-7-12(9-15(16)18(22)21-17)11-19-13-5-4-6-14(10-13)23-2/h4-10,19H,3,11H2,1-2H3,(H,20,21,22). The van der Waals surface area contributed by atoms with Crippen molar-refractivity contribution in [3.05, 3.63) is 64.2 Å². The molecular formula is C18H19N3O2. The predicted octanol–water partition coefficient (Wildman–Crippen LogP) is 3.11. The smallest absolute Gasteiger partial charge is 0.258 e. The van der Waals surface area contributed by atoms with Gasteiger partial charge in [0.1, 0.15) is 11.6 Å². The number of aromatic nitrogens is 2. The number of nitrogens with one attached hydrogen (secondary N) is 2. The number of nitrogens with zero attached hydrogens (tertiary/aromatic N) is 1. The Bertz CT molecular complexity index is 887. The number of hydrogen-bond acceptors (Lipinski definition) is 4. The summed E-state index contributed by atoms with van der Waals surface area (Å²) in [5.74, 6) is 1.52. The van der Waals surface area contributed by atoms with Gasteiger partial charge in [0.25, 0.3) is 5.56 Å². The van der Waals surface area contributed by atoms with Crippen LogP contribution >= 0.6 is 0 Å². The number of hydrogen-bond donors (Lipinski definition) is 2. The third-order valence-electron chi connectivity index (χ3n) is 3.72. The molecule has 0 aliphatic heterocycles. The summed E-state index contributed by atoms with van der Waals surface area (Å²) in [6, 6.07) is 13.5. The van der Waals surface area contributed by atoms with Crippen molar-refractivity contribution >= 4 is 16.6 Å². The van der Waals surface area contributed by atoms with Crippen LogP contribution < -0.4 is 15.6 Å². The molecule has 0 amide bonds. The van der Waals surface area contributed by atoms with Crippen LogP contribution in [0.2, 0.25) is 0 Å². The fourth-order valence-corrected chi connectivity index (χ4v) is 2.45. The van der Waals surface area contributed by atoms with Crippen LogP contribution in [-0.4, -0.2) is 17.1 Å². The van der Waals surface area contributed by atoms with Crippen LogP contribution in [0, 0.1) is 0 Å². The minimum Gasteiger partial charge on any atom is -0.497 e. The monoisotopic (exact) mass is 309 g/mol. The van der Waals surface area contributed by atoms with Crippen molar-refractivity contribution in [2.75, 3.05) is 12.4 Å². The van der Waals surface area contributed by atoms with E-state index in [9.17, 15) is 4.79 Å². The van der Waals surface area contributed by atoms with Crippen molar-refractivity contribution in [1.29, 1.82) is 0 Å². The van der Waals surface area contributed by atoms with Gasteiger partial charge in [0, 0.05) is 24.7 Å². The second kappa shape index (κ2) is 6.52. The van der Waals surface area contributed by atoms with Gasteiger partial charge in [-0.05, 0) is 29.8 Å². The minimum atomic E-state index is -0.0879. The fourth-order valence-electron chi connectivity index (χ4n) is 2.45. The number of H-pyrrole nitrogens is 1. The summed E-state index contributed by atoms with van der Waals surface area (Å²) in [7, 11) is 1.65. The molecule has 0 saturated heterocycles. The predicted molar refractivity (Wildman–Crippen MR) is 92.1 cm³/mol. The average molecular weight is 309 g/mol. The third-order valence-corrected chi connectivity index (χ3v) is 3.72. The van der Waals surface area contributed by atoms with E-state index in [2.05, 4.69) is 15.3 Å². The van der Waals surface area contributed by atoms with E-state index in [0.717, 1.165) is 22.5 Å². The summed E-state index contributed by atoms with van der Waals surface area (Å²) >= 11 is 0. The van der Waals surface area contributed by atoms with Crippen molar-refractivity contribution in [3.63, 3.8) is 0 Å². The van der Waals surface area contributed by atoms with E-state index in [4.69, 9.17) is 4.74 Å². The SMILES string of the molecule is CCc1nc2ccc(CNc3cccc(OC)c3)cc2c(=O)[nH]1. The Morgan fingerprint density at radius 1 is 1.22 bits per heavy atom. The molecule has 1 heterocycles. The summed E-state index contributed by atoms with van der Waals surface area (Å²) < 4.78 is 5.21. The van der Waals surface area contributed by atoms with Crippen LogP contribution in [-0.2, 0) is 13.0 Å². The molecule has 0 bridgehead atoms. The summed E-state index contributed by atoms with van der Waals surface area (Å²) in [5.41, 5.74) is 2.64. The van der Waals surface area contributed by atoms with Gasteiger partial charge in [-0.1, -0.05) is 19.1 Å². The number of methoxy groups -OCH3 is 1. The van der Waals surface area contributed by atoms with E-state index in [0.29, 0.717) is 24.2 Å². The highest BCUT2D eigenvalue weighted by Gasteiger charge is 2.04. The number of aryl methyl sites for hydroxylation is 1. The first kappa shape index (κ1) is 15.1. The Labute approximate surface area is 134 Å². The summed E-state index contributed by atoms with van der Waals surface area (Å²) in [4.78, 5) is 19.4. The molecule has 0 saturated carbocycles. The second-order valence-corrected chi connectivity index (χ2v) is 5.30. The van der Waals surface area contributed by atoms with Gasteiger partial charge in [0.15, 0.2) is 0 Å². The first-order valence-electron chi connectivity index (χ1n) is 7.59. The van der Waals surface area contributed by atoms with Gasteiger partial charge < -0.3 is 15.0 Å². The number of benzene rings is 2. The summed E-state index contributed by atoms with van der Waals surface area (Å²) in [6.07, 6.45) is 0.713. The van der Waals surface area contributed by atoms with Crippen molar-refractivity contribution < 1.29 is 4.74 Å². The maximum atomic E-state index is 12.1.